The van der Waals surface area contributed by atoms with Gasteiger partial charge in [-0.25, -0.2) is 4.98 Å². The predicted octanol–water partition coefficient (Wildman–Crippen LogP) is 3.65. The molecular formula is C12H14F6N5OPS. The highest BCUT2D eigenvalue weighted by Gasteiger charge is 2.38. The molecule has 0 radical (unpaired) electrons. The summed E-state index contributed by atoms with van der Waals surface area (Å²) in [5.41, 5.74) is 6.28. The third-order valence-corrected chi connectivity index (χ3v) is 5.50. The first-order valence-electron chi connectivity index (χ1n) is 7.09. The number of aromatic amines is 1. The lowest BCUT2D eigenvalue weighted by atomic mass is 10.5. The molecule has 0 fully saturated rings. The molecule has 146 valence electrons. The van der Waals surface area contributed by atoms with Crippen LogP contribution in [0.2, 0.25) is 0 Å². The summed E-state index contributed by atoms with van der Waals surface area (Å²) in [5, 5.41) is 0. The number of ether oxygens (including phenoxy) is 1. The molecule has 2 aromatic rings. The first-order chi connectivity index (χ1) is 11.9. The molecule has 0 aliphatic rings. The van der Waals surface area contributed by atoms with Crippen LogP contribution < -0.4 is 5.73 Å². The van der Waals surface area contributed by atoms with Crippen molar-refractivity contribution in [3.63, 3.8) is 0 Å². The molecule has 3 N–H and O–H groups in total. The molecule has 0 amide bonds. The smallest absolute Gasteiger partial charge is 0.375 e. The van der Waals surface area contributed by atoms with Crippen LogP contribution in [-0.2, 0) is 11.3 Å². The van der Waals surface area contributed by atoms with Crippen LogP contribution in [0, 0.1) is 4.64 Å². The van der Waals surface area contributed by atoms with Crippen molar-refractivity contribution in [2.24, 2.45) is 0 Å². The van der Waals surface area contributed by atoms with Gasteiger partial charge in [0, 0.05) is 6.54 Å². The van der Waals surface area contributed by atoms with E-state index >= 15 is 0 Å². The summed E-state index contributed by atoms with van der Waals surface area (Å²) in [5.74, 6) is 0.0593. The molecule has 2 heterocycles. The van der Waals surface area contributed by atoms with E-state index in [0.717, 1.165) is 0 Å². The van der Waals surface area contributed by atoms with E-state index in [1.54, 1.807) is 0 Å². The highest BCUT2D eigenvalue weighted by molar-refractivity contribution is 7.71. The Balaban J connectivity index is 1.94. The number of halogens is 6. The number of nitrogens with two attached hydrogens (primary N) is 1. The number of imidazole rings is 1. The predicted molar refractivity (Wildman–Crippen MR) is 86.7 cm³/mol. The average molecular weight is 421 g/mol. The monoisotopic (exact) mass is 421 g/mol. The Morgan fingerprint density at radius 3 is 2.38 bits per heavy atom. The number of nitrogens with one attached hydrogen (secondary N) is 1. The van der Waals surface area contributed by atoms with Crippen molar-refractivity contribution in [3.8, 4) is 0 Å². The molecule has 2 aromatic heterocycles. The molecule has 0 atom stereocenters. The SMILES string of the molecule is Nc1nc2c(ncn2CCOCP(CC(F)(F)F)CC(F)(F)F)c(=S)[nH]1. The average Bonchev–Trinajstić information content (AvgIpc) is 2.83. The van der Waals surface area contributed by atoms with E-state index in [1.165, 1.54) is 10.9 Å². The van der Waals surface area contributed by atoms with Gasteiger partial charge in [0.2, 0.25) is 5.95 Å². The van der Waals surface area contributed by atoms with Gasteiger partial charge in [0.1, 0.15) is 10.2 Å². The summed E-state index contributed by atoms with van der Waals surface area (Å²) in [7, 11) is -2.41. The second kappa shape index (κ2) is 8.05. The van der Waals surface area contributed by atoms with Crippen molar-refractivity contribution in [1.29, 1.82) is 0 Å². The van der Waals surface area contributed by atoms with Crippen LogP contribution in [0.3, 0.4) is 0 Å². The molecule has 0 bridgehead atoms. The van der Waals surface area contributed by atoms with Crippen LogP contribution in [-0.4, -0.2) is 57.2 Å². The maximum Gasteiger partial charge on any atom is 0.392 e. The van der Waals surface area contributed by atoms with Crippen LogP contribution in [0.1, 0.15) is 0 Å². The molecule has 2 rings (SSSR count). The van der Waals surface area contributed by atoms with Crippen molar-refractivity contribution in [1.82, 2.24) is 19.5 Å². The van der Waals surface area contributed by atoms with E-state index in [-0.39, 0.29) is 23.7 Å². The normalized spacial score (nSPS) is 13.0. The zero-order valence-electron chi connectivity index (χ0n) is 13.1. The Kier molecular flexibility index (Phi) is 6.46. The number of H-pyrrole nitrogens is 1. The van der Waals surface area contributed by atoms with Crippen LogP contribution >= 0.6 is 20.1 Å². The Morgan fingerprint density at radius 2 is 1.81 bits per heavy atom. The fourth-order valence-electron chi connectivity index (χ4n) is 2.15. The van der Waals surface area contributed by atoms with Crippen LogP contribution in [0.5, 0.6) is 0 Å². The second-order valence-corrected chi connectivity index (χ2v) is 7.96. The maximum atomic E-state index is 12.4. The van der Waals surface area contributed by atoms with Crippen LogP contribution in [0.25, 0.3) is 11.2 Å². The Morgan fingerprint density at radius 1 is 1.19 bits per heavy atom. The largest absolute Gasteiger partial charge is 0.392 e. The number of hydrogen-bond donors (Lipinski definition) is 2. The van der Waals surface area contributed by atoms with Gasteiger partial charge in [-0.1, -0.05) is 20.1 Å². The van der Waals surface area contributed by atoms with Crippen molar-refractivity contribution < 1.29 is 31.1 Å². The number of fused-ring (bicyclic) bond motifs is 1. The van der Waals surface area contributed by atoms with Gasteiger partial charge in [0.25, 0.3) is 0 Å². The minimum absolute atomic E-state index is 0.0593. The molecule has 0 spiro atoms. The molecule has 26 heavy (non-hydrogen) atoms. The molecule has 0 unspecified atom stereocenters. The Hall–Kier alpha value is -1.46. The molecule has 6 nitrogen and oxygen atoms in total. The summed E-state index contributed by atoms with van der Waals surface area (Å²) in [4.78, 5) is 10.7. The molecule has 0 saturated heterocycles. The quantitative estimate of drug-likeness (QED) is 0.309. The van der Waals surface area contributed by atoms with E-state index in [4.69, 9.17) is 22.7 Å². The van der Waals surface area contributed by atoms with E-state index in [0.29, 0.717) is 11.2 Å². The van der Waals surface area contributed by atoms with Crippen molar-refractivity contribution in [3.05, 3.63) is 11.0 Å². The summed E-state index contributed by atoms with van der Waals surface area (Å²) in [6, 6.07) is 0. The number of alkyl halides is 6. The fourth-order valence-corrected chi connectivity index (χ4v) is 4.09. The highest BCUT2D eigenvalue weighted by atomic mass is 32.1. The molecule has 0 aliphatic heterocycles. The zero-order valence-corrected chi connectivity index (χ0v) is 14.8. The number of hydrogen-bond acceptors (Lipinski definition) is 5. The van der Waals surface area contributed by atoms with Gasteiger partial charge in [-0.15, -0.1) is 0 Å². The molecule has 0 aromatic carbocycles. The van der Waals surface area contributed by atoms with Gasteiger partial charge in [-0.3, -0.25) is 0 Å². The van der Waals surface area contributed by atoms with E-state index in [2.05, 4.69) is 15.0 Å². The van der Waals surface area contributed by atoms with Crippen molar-refractivity contribution >= 4 is 37.3 Å². The van der Waals surface area contributed by atoms with Crippen LogP contribution in [0.4, 0.5) is 32.3 Å². The molecule has 0 saturated carbocycles. The van der Waals surface area contributed by atoms with Gasteiger partial charge in [-0.2, -0.15) is 31.3 Å². The van der Waals surface area contributed by atoms with Crippen LogP contribution in [0.15, 0.2) is 6.33 Å². The molecular weight excluding hydrogens is 407 g/mol. The van der Waals surface area contributed by atoms with Gasteiger partial charge < -0.3 is 20.0 Å². The Bertz CT molecular complexity index is 788. The topological polar surface area (TPSA) is 81.8 Å². The van der Waals surface area contributed by atoms with E-state index < -0.39 is 38.9 Å². The third-order valence-electron chi connectivity index (χ3n) is 3.05. The van der Waals surface area contributed by atoms with Crippen molar-refractivity contribution in [2.75, 3.05) is 31.0 Å². The third kappa shape index (κ3) is 6.36. The maximum absolute atomic E-state index is 12.4. The van der Waals surface area contributed by atoms with Gasteiger partial charge >= 0.3 is 12.4 Å². The number of nitrogens with zero attached hydrogens (tertiary/aromatic N) is 3. The number of rotatable bonds is 7. The highest BCUT2D eigenvalue weighted by Crippen LogP contribution is 2.45. The van der Waals surface area contributed by atoms with Gasteiger partial charge in [0.05, 0.1) is 31.6 Å². The standard InChI is InChI=1S/C12H14F6N5OPS/c13-11(14,15)3-25(4-12(16,17)18)6-24-2-1-23-5-20-7-8(23)21-10(19)22-9(7)26/h5H,1-4,6H2,(H3,19,21,22,26). The van der Waals surface area contributed by atoms with E-state index in [1.807, 2.05) is 0 Å². The number of anilines is 1. The number of nitrogen functional groups attached to an aromatic ring is 1. The van der Waals surface area contributed by atoms with Crippen molar-refractivity contribution in [2.45, 2.75) is 18.9 Å². The summed E-state index contributed by atoms with van der Waals surface area (Å²) >= 11 is 5.03. The minimum Gasteiger partial charge on any atom is -0.375 e. The van der Waals surface area contributed by atoms with E-state index in [9.17, 15) is 26.3 Å². The second-order valence-electron chi connectivity index (χ2n) is 5.32. The Labute approximate surface area is 149 Å². The minimum atomic E-state index is -4.67. The number of aromatic nitrogens is 4. The fraction of sp³-hybridized carbons (Fsp3) is 0.583. The summed E-state index contributed by atoms with van der Waals surface area (Å²) in [6.07, 6.45) is -11.5. The lowest BCUT2D eigenvalue weighted by molar-refractivity contribution is -0.112. The van der Waals surface area contributed by atoms with Gasteiger partial charge in [0.15, 0.2) is 5.65 Å². The summed E-state index contributed by atoms with van der Waals surface area (Å²) < 4.78 is 81.3. The zero-order chi connectivity index (χ0) is 19.5. The molecule has 0 aliphatic carbocycles. The first kappa shape index (κ1) is 20.8. The lowest BCUT2D eigenvalue weighted by Gasteiger charge is -2.20. The molecule has 14 heteroatoms. The first-order valence-corrected chi connectivity index (χ1v) is 9.39. The lowest BCUT2D eigenvalue weighted by Crippen LogP contribution is -2.22. The summed E-state index contributed by atoms with van der Waals surface area (Å²) in [6.45, 7) is 0.0237. The van der Waals surface area contributed by atoms with Gasteiger partial charge in [-0.05, 0) is 0 Å².